The molecule has 0 aromatic rings. The molecule has 0 radical (unpaired) electrons. The molecule has 0 saturated carbocycles. The van der Waals surface area contributed by atoms with E-state index >= 15 is 0 Å². The van der Waals surface area contributed by atoms with Gasteiger partial charge in [0.05, 0.1) is 14.1 Å². The van der Waals surface area contributed by atoms with Crippen LogP contribution in [0.1, 0.15) is 7.79 Å². The summed E-state index contributed by atoms with van der Waals surface area (Å²) in [6.45, 7) is -1.01. The molecular formula is C6H12O5. The van der Waals surface area contributed by atoms with Crippen LogP contribution in [0.3, 0.4) is 0 Å². The lowest BCUT2D eigenvalue weighted by molar-refractivity contribution is -0.115. The molecule has 5 heteroatoms. The normalized spacial score (nSPS) is 23.1. The van der Waals surface area contributed by atoms with Crippen LogP contribution in [0.25, 0.3) is 0 Å². The first kappa shape index (κ1) is 8.61. The van der Waals surface area contributed by atoms with E-state index in [9.17, 15) is 4.79 Å². The van der Waals surface area contributed by atoms with Gasteiger partial charge in [-0.1, -0.05) is 0 Å². The molecule has 0 bridgehead atoms. The van der Waals surface area contributed by atoms with Gasteiger partial charge in [-0.15, -0.1) is 0 Å². The van der Waals surface area contributed by atoms with Crippen LogP contribution >= 0.6 is 0 Å². The Morgan fingerprint density at radius 3 is 2.36 bits per heavy atom. The van der Waals surface area contributed by atoms with E-state index in [1.165, 1.54) is 0 Å². The van der Waals surface area contributed by atoms with Gasteiger partial charge in [0.25, 0.3) is 0 Å². The Hall–Kier alpha value is -0.490. The fourth-order valence-electron chi connectivity index (χ4n) is 0.543. The SMILES string of the molecule is [2H][13C@@](O)(CO)[C@@H](O)[C@H](O)CC=O. The summed E-state index contributed by atoms with van der Waals surface area (Å²) < 4.78 is 6.87. The second-order valence-corrected chi connectivity index (χ2v) is 2.06. The van der Waals surface area contributed by atoms with Crippen LogP contribution in [-0.4, -0.2) is 51.6 Å². The average Bonchev–Trinajstić information content (AvgIpc) is 2.03. The zero-order valence-corrected chi connectivity index (χ0v) is 5.84. The minimum atomic E-state index is -2.53. The number of hydrogen-bond donors (Lipinski definition) is 4. The highest BCUT2D eigenvalue weighted by atomic mass is 16.4. The van der Waals surface area contributed by atoms with E-state index in [1.54, 1.807) is 0 Å². The third-order valence-electron chi connectivity index (χ3n) is 1.21. The minimum absolute atomic E-state index is 0.349. The van der Waals surface area contributed by atoms with Crippen LogP contribution in [0.2, 0.25) is 0 Å². The van der Waals surface area contributed by atoms with Crippen molar-refractivity contribution in [3.63, 3.8) is 0 Å². The van der Waals surface area contributed by atoms with Gasteiger partial charge < -0.3 is 25.2 Å². The Morgan fingerprint density at radius 2 is 2.00 bits per heavy atom. The second-order valence-electron chi connectivity index (χ2n) is 2.06. The highest BCUT2D eigenvalue weighted by Gasteiger charge is 2.23. The number of hydrogen-bond acceptors (Lipinski definition) is 5. The van der Waals surface area contributed by atoms with Crippen molar-refractivity contribution < 1.29 is 26.6 Å². The number of aliphatic hydroxyl groups excluding tert-OH is 3. The summed E-state index contributed by atoms with van der Waals surface area (Å²) in [7, 11) is 0. The lowest BCUT2D eigenvalue weighted by Crippen LogP contribution is -2.39. The number of rotatable bonds is 5. The van der Waals surface area contributed by atoms with Gasteiger partial charge in [0, 0.05) is 6.42 Å². The van der Waals surface area contributed by atoms with Gasteiger partial charge in [0.2, 0.25) is 0 Å². The molecule has 5 nitrogen and oxygen atoms in total. The van der Waals surface area contributed by atoms with Crippen molar-refractivity contribution in [2.24, 2.45) is 0 Å². The van der Waals surface area contributed by atoms with Crippen molar-refractivity contribution in [1.82, 2.24) is 0 Å². The molecular weight excluding hydrogens is 153 g/mol. The Labute approximate surface area is 65.3 Å². The molecule has 0 amide bonds. The molecule has 66 valence electrons. The van der Waals surface area contributed by atoms with Gasteiger partial charge in [-0.25, -0.2) is 0 Å². The van der Waals surface area contributed by atoms with Crippen molar-refractivity contribution in [3.8, 4) is 0 Å². The van der Waals surface area contributed by atoms with Crippen molar-refractivity contribution in [2.75, 3.05) is 6.61 Å². The van der Waals surface area contributed by atoms with Crippen LogP contribution in [0, 0.1) is 0 Å². The van der Waals surface area contributed by atoms with E-state index in [0.29, 0.717) is 6.29 Å². The molecule has 0 aliphatic heterocycles. The van der Waals surface area contributed by atoms with Crippen LogP contribution < -0.4 is 0 Å². The van der Waals surface area contributed by atoms with Crippen LogP contribution in [0.15, 0.2) is 0 Å². The number of aliphatic hydroxyl groups is 4. The molecule has 0 spiro atoms. The van der Waals surface area contributed by atoms with Crippen LogP contribution in [0.5, 0.6) is 0 Å². The Bertz CT molecular complexity index is 149. The van der Waals surface area contributed by atoms with Crippen LogP contribution in [0.4, 0.5) is 0 Å². The lowest BCUT2D eigenvalue weighted by atomic mass is 10.2. The lowest BCUT2D eigenvalue weighted by Gasteiger charge is -2.19. The summed E-state index contributed by atoms with van der Waals surface area (Å²) in [5.74, 6) is 0. The monoisotopic (exact) mass is 166 g/mol. The smallest absolute Gasteiger partial charge is 0.122 e. The third-order valence-corrected chi connectivity index (χ3v) is 1.21. The van der Waals surface area contributed by atoms with Gasteiger partial charge in [-0.3, -0.25) is 0 Å². The van der Waals surface area contributed by atoms with Gasteiger partial charge >= 0.3 is 0 Å². The standard InChI is InChI=1S/C6H12O5/c7-2-1-4(9)6(11)5(10)3-8/h2,4-6,8-11H,1,3H2/t4-,5-,6+/m1/s1/i5+1D. The fourth-order valence-corrected chi connectivity index (χ4v) is 0.543. The largest absolute Gasteiger partial charge is 0.394 e. The summed E-state index contributed by atoms with van der Waals surface area (Å²) >= 11 is 0. The number of aldehydes is 1. The van der Waals surface area contributed by atoms with Crippen molar-refractivity contribution in [2.45, 2.75) is 24.7 Å². The molecule has 3 atom stereocenters. The van der Waals surface area contributed by atoms with E-state index in [2.05, 4.69) is 0 Å². The summed E-state index contributed by atoms with van der Waals surface area (Å²) in [5, 5.41) is 35.1. The predicted octanol–water partition coefficient (Wildman–Crippen LogP) is -2.35. The zero-order chi connectivity index (χ0) is 9.78. The summed E-state index contributed by atoms with van der Waals surface area (Å²) in [6.07, 6.45) is -5.95. The first-order valence-electron chi connectivity index (χ1n) is 3.58. The molecule has 0 rings (SSSR count). The highest BCUT2D eigenvalue weighted by molar-refractivity contribution is 5.50. The van der Waals surface area contributed by atoms with Crippen LogP contribution in [-0.2, 0) is 4.79 Å². The maximum atomic E-state index is 9.86. The zero-order valence-electron chi connectivity index (χ0n) is 6.84. The molecule has 0 aromatic heterocycles. The molecule has 0 unspecified atom stereocenters. The van der Waals surface area contributed by atoms with Crippen molar-refractivity contribution >= 4 is 6.29 Å². The summed E-state index contributed by atoms with van der Waals surface area (Å²) in [5.41, 5.74) is 0. The van der Waals surface area contributed by atoms with E-state index in [1.807, 2.05) is 0 Å². The molecule has 0 aromatic carbocycles. The molecule has 0 fully saturated rings. The third kappa shape index (κ3) is 3.43. The number of carbonyl (C=O) groups excluding carboxylic acids is 1. The first-order valence-corrected chi connectivity index (χ1v) is 3.08. The fraction of sp³-hybridized carbons (Fsp3) is 0.833. The molecule has 11 heavy (non-hydrogen) atoms. The number of carbonyl (C=O) groups is 1. The maximum absolute atomic E-state index is 9.86. The van der Waals surface area contributed by atoms with Gasteiger partial charge in [0.15, 0.2) is 0 Å². The minimum Gasteiger partial charge on any atom is -0.394 e. The predicted molar refractivity (Wildman–Crippen MR) is 35.8 cm³/mol. The van der Waals surface area contributed by atoms with E-state index in [0.717, 1.165) is 0 Å². The van der Waals surface area contributed by atoms with E-state index in [-0.39, 0.29) is 6.42 Å². The second kappa shape index (κ2) is 5.20. The molecule has 0 aliphatic rings. The molecule has 0 heterocycles. The van der Waals surface area contributed by atoms with Gasteiger partial charge in [-0.05, 0) is 0 Å². The summed E-state index contributed by atoms with van der Waals surface area (Å²) in [4.78, 5) is 9.86. The Morgan fingerprint density at radius 1 is 1.45 bits per heavy atom. The Balaban J connectivity index is 4.16. The van der Waals surface area contributed by atoms with Crippen molar-refractivity contribution in [3.05, 3.63) is 0 Å². The average molecular weight is 166 g/mol. The van der Waals surface area contributed by atoms with Crippen molar-refractivity contribution in [1.29, 1.82) is 0 Å². The van der Waals surface area contributed by atoms with E-state index < -0.39 is 24.9 Å². The molecule has 4 N–H and O–H groups in total. The molecule has 0 aliphatic carbocycles. The quantitative estimate of drug-likeness (QED) is 0.271. The van der Waals surface area contributed by atoms with Gasteiger partial charge in [-0.2, -0.15) is 0 Å². The highest BCUT2D eigenvalue weighted by Crippen LogP contribution is 2.01. The Kier molecular flexibility index (Phi) is 4.07. The topological polar surface area (TPSA) is 98.0 Å². The molecule has 0 saturated heterocycles. The van der Waals surface area contributed by atoms with E-state index in [4.69, 9.17) is 21.8 Å². The first-order chi connectivity index (χ1) is 5.45. The van der Waals surface area contributed by atoms with Gasteiger partial charge in [0.1, 0.15) is 18.5 Å². The summed E-state index contributed by atoms with van der Waals surface area (Å²) in [6, 6.07) is 0. The maximum Gasteiger partial charge on any atom is 0.122 e.